The number of anilines is 2. The lowest BCUT2D eigenvalue weighted by Crippen LogP contribution is -2.32. The van der Waals surface area contributed by atoms with Gasteiger partial charge in [-0.05, 0) is 26.3 Å². The Hall–Kier alpha value is -1.00. The molecule has 1 aromatic rings. The second-order valence-electron chi connectivity index (χ2n) is 4.08. The number of pyridine rings is 1. The van der Waals surface area contributed by atoms with Gasteiger partial charge < -0.3 is 16.2 Å². The number of aliphatic hydroxyl groups is 1. The number of aliphatic hydroxyl groups excluding tert-OH is 1. The zero-order valence-corrected chi connectivity index (χ0v) is 9.67. The SMILES string of the molecule is CC(C)(CCO)Nc1ncc(N)cc1Cl. The van der Waals surface area contributed by atoms with Crippen LogP contribution in [0.1, 0.15) is 20.3 Å². The van der Waals surface area contributed by atoms with Crippen LogP contribution in [0, 0.1) is 0 Å². The van der Waals surface area contributed by atoms with E-state index in [-0.39, 0.29) is 12.1 Å². The minimum absolute atomic E-state index is 0.118. The maximum absolute atomic E-state index is 8.88. The van der Waals surface area contributed by atoms with E-state index in [9.17, 15) is 0 Å². The summed E-state index contributed by atoms with van der Waals surface area (Å²) in [5.74, 6) is 0.587. The van der Waals surface area contributed by atoms with E-state index in [2.05, 4.69) is 10.3 Å². The average Bonchev–Trinajstić information content (AvgIpc) is 2.09. The van der Waals surface area contributed by atoms with Gasteiger partial charge in [-0.2, -0.15) is 0 Å². The summed E-state index contributed by atoms with van der Waals surface area (Å²) in [5, 5.41) is 12.5. The van der Waals surface area contributed by atoms with Gasteiger partial charge in [0.2, 0.25) is 0 Å². The molecule has 0 saturated heterocycles. The third kappa shape index (κ3) is 3.57. The van der Waals surface area contributed by atoms with Gasteiger partial charge in [0.05, 0.1) is 16.9 Å². The largest absolute Gasteiger partial charge is 0.397 e. The maximum Gasteiger partial charge on any atom is 0.145 e. The summed E-state index contributed by atoms with van der Waals surface area (Å²) >= 11 is 5.97. The van der Waals surface area contributed by atoms with Crippen molar-refractivity contribution in [2.45, 2.75) is 25.8 Å². The van der Waals surface area contributed by atoms with Crippen molar-refractivity contribution in [2.75, 3.05) is 17.7 Å². The molecule has 1 rings (SSSR count). The predicted octanol–water partition coefficient (Wildman–Crippen LogP) is 1.89. The fraction of sp³-hybridized carbons (Fsp3) is 0.500. The molecule has 0 aliphatic rings. The van der Waals surface area contributed by atoms with Crippen LogP contribution in [0.25, 0.3) is 0 Å². The van der Waals surface area contributed by atoms with Crippen LogP contribution in [0.15, 0.2) is 12.3 Å². The Morgan fingerprint density at radius 3 is 2.80 bits per heavy atom. The first-order chi connectivity index (χ1) is 6.94. The van der Waals surface area contributed by atoms with E-state index in [0.717, 1.165) is 0 Å². The summed E-state index contributed by atoms with van der Waals surface area (Å²) in [4.78, 5) is 4.10. The monoisotopic (exact) mass is 229 g/mol. The van der Waals surface area contributed by atoms with Crippen LogP contribution in [0.3, 0.4) is 0 Å². The Labute approximate surface area is 94.5 Å². The Balaban J connectivity index is 2.80. The van der Waals surface area contributed by atoms with Crippen LogP contribution in [-0.4, -0.2) is 22.2 Å². The van der Waals surface area contributed by atoms with E-state index in [0.29, 0.717) is 22.9 Å². The molecule has 0 aliphatic carbocycles. The van der Waals surface area contributed by atoms with E-state index in [1.807, 2.05) is 13.8 Å². The molecule has 0 fully saturated rings. The first-order valence-electron chi connectivity index (χ1n) is 4.75. The third-order valence-corrected chi connectivity index (χ3v) is 2.34. The van der Waals surface area contributed by atoms with Crippen LogP contribution in [0.5, 0.6) is 0 Å². The van der Waals surface area contributed by atoms with E-state index in [4.69, 9.17) is 22.4 Å². The Bertz CT molecular complexity index is 341. The molecule has 0 bridgehead atoms. The molecule has 0 amide bonds. The number of nitrogen functional groups attached to an aromatic ring is 1. The van der Waals surface area contributed by atoms with Crippen LogP contribution in [-0.2, 0) is 0 Å². The Kier molecular flexibility index (Phi) is 3.77. The van der Waals surface area contributed by atoms with Crippen LogP contribution in [0.4, 0.5) is 11.5 Å². The summed E-state index contributed by atoms with van der Waals surface area (Å²) in [6.45, 7) is 4.06. The molecule has 0 radical (unpaired) electrons. The van der Waals surface area contributed by atoms with Gasteiger partial charge in [-0.15, -0.1) is 0 Å². The molecule has 0 saturated carbocycles. The van der Waals surface area contributed by atoms with Crippen molar-refractivity contribution in [2.24, 2.45) is 0 Å². The summed E-state index contributed by atoms with van der Waals surface area (Å²) in [7, 11) is 0. The van der Waals surface area contributed by atoms with Gasteiger partial charge in [0.15, 0.2) is 0 Å². The standard InChI is InChI=1S/C10H16ClN3O/c1-10(2,3-4-15)14-9-8(11)5-7(12)6-13-9/h5-6,15H,3-4,12H2,1-2H3,(H,13,14). The molecule has 0 spiro atoms. The van der Waals surface area contributed by atoms with E-state index in [1.165, 1.54) is 0 Å². The number of hydrogen-bond acceptors (Lipinski definition) is 4. The summed E-state index contributed by atoms with van der Waals surface area (Å²) in [6.07, 6.45) is 2.17. The topological polar surface area (TPSA) is 71.2 Å². The summed E-state index contributed by atoms with van der Waals surface area (Å²) in [5.41, 5.74) is 5.82. The zero-order valence-electron chi connectivity index (χ0n) is 8.92. The number of hydrogen-bond donors (Lipinski definition) is 3. The second-order valence-corrected chi connectivity index (χ2v) is 4.49. The molecule has 4 nitrogen and oxygen atoms in total. The number of rotatable bonds is 4. The first-order valence-corrected chi connectivity index (χ1v) is 5.12. The number of nitrogens with one attached hydrogen (secondary N) is 1. The highest BCUT2D eigenvalue weighted by molar-refractivity contribution is 6.33. The number of aromatic nitrogens is 1. The van der Waals surface area contributed by atoms with E-state index < -0.39 is 0 Å². The molecule has 15 heavy (non-hydrogen) atoms. The van der Waals surface area contributed by atoms with Gasteiger partial charge in [0, 0.05) is 12.1 Å². The van der Waals surface area contributed by atoms with Crippen molar-refractivity contribution in [3.05, 3.63) is 17.3 Å². The van der Waals surface area contributed by atoms with Gasteiger partial charge in [-0.25, -0.2) is 4.98 Å². The van der Waals surface area contributed by atoms with Crippen molar-refractivity contribution in [1.29, 1.82) is 0 Å². The summed E-state index contributed by atoms with van der Waals surface area (Å²) in [6, 6.07) is 1.64. The summed E-state index contributed by atoms with van der Waals surface area (Å²) < 4.78 is 0. The molecule has 0 atom stereocenters. The molecule has 1 aromatic heterocycles. The molecule has 4 N–H and O–H groups in total. The lowest BCUT2D eigenvalue weighted by Gasteiger charge is -2.26. The number of nitrogens with two attached hydrogens (primary N) is 1. The Morgan fingerprint density at radius 2 is 2.27 bits per heavy atom. The van der Waals surface area contributed by atoms with Crippen molar-refractivity contribution in [3.63, 3.8) is 0 Å². The molecular weight excluding hydrogens is 214 g/mol. The third-order valence-electron chi connectivity index (χ3n) is 2.06. The van der Waals surface area contributed by atoms with Gasteiger partial charge in [0.1, 0.15) is 5.82 Å². The Morgan fingerprint density at radius 1 is 1.60 bits per heavy atom. The highest BCUT2D eigenvalue weighted by atomic mass is 35.5. The van der Waals surface area contributed by atoms with Crippen molar-refractivity contribution in [3.8, 4) is 0 Å². The molecule has 0 aliphatic heterocycles. The van der Waals surface area contributed by atoms with E-state index >= 15 is 0 Å². The normalized spacial score (nSPS) is 11.5. The van der Waals surface area contributed by atoms with Crippen molar-refractivity contribution >= 4 is 23.1 Å². The molecule has 0 unspecified atom stereocenters. The molecule has 84 valence electrons. The minimum Gasteiger partial charge on any atom is -0.397 e. The molecular formula is C10H16ClN3O. The quantitative estimate of drug-likeness (QED) is 0.738. The molecule has 1 heterocycles. The van der Waals surface area contributed by atoms with Crippen LogP contribution in [0.2, 0.25) is 5.02 Å². The maximum atomic E-state index is 8.88. The van der Waals surface area contributed by atoms with Crippen LogP contribution < -0.4 is 11.1 Å². The van der Waals surface area contributed by atoms with Gasteiger partial charge >= 0.3 is 0 Å². The highest BCUT2D eigenvalue weighted by Crippen LogP contribution is 2.25. The van der Waals surface area contributed by atoms with Crippen molar-refractivity contribution in [1.82, 2.24) is 4.98 Å². The van der Waals surface area contributed by atoms with E-state index in [1.54, 1.807) is 12.3 Å². The first kappa shape index (κ1) is 12.1. The predicted molar refractivity (Wildman–Crippen MR) is 63.1 cm³/mol. The second kappa shape index (κ2) is 4.68. The lowest BCUT2D eigenvalue weighted by atomic mass is 10.0. The molecule has 0 aromatic carbocycles. The number of nitrogens with zero attached hydrogens (tertiary/aromatic N) is 1. The van der Waals surface area contributed by atoms with Gasteiger partial charge in [-0.3, -0.25) is 0 Å². The fourth-order valence-corrected chi connectivity index (χ4v) is 1.43. The van der Waals surface area contributed by atoms with Crippen molar-refractivity contribution < 1.29 is 5.11 Å². The molecule has 5 heteroatoms. The fourth-order valence-electron chi connectivity index (χ4n) is 1.21. The highest BCUT2D eigenvalue weighted by Gasteiger charge is 2.18. The lowest BCUT2D eigenvalue weighted by molar-refractivity contribution is 0.260. The number of halogens is 1. The van der Waals surface area contributed by atoms with Crippen LogP contribution >= 0.6 is 11.6 Å². The minimum atomic E-state index is -0.249. The zero-order chi connectivity index (χ0) is 11.5. The smallest absolute Gasteiger partial charge is 0.145 e. The van der Waals surface area contributed by atoms with Gasteiger partial charge in [-0.1, -0.05) is 11.6 Å². The average molecular weight is 230 g/mol. The van der Waals surface area contributed by atoms with Gasteiger partial charge in [0.25, 0.3) is 0 Å².